The van der Waals surface area contributed by atoms with E-state index >= 15 is 0 Å². The van der Waals surface area contributed by atoms with Gasteiger partial charge < -0.3 is 15.5 Å². The SMILES string of the molecule is CC/C=C\C/C=C\C/C=C\C/C=C\CCCCCCCCCCCCCCCCC(=O)NC(CO)C(O)/C=C/CC/C=C/CC/C=C/CCCCCCCCCCCCCCCCCC. The van der Waals surface area contributed by atoms with Crippen molar-refractivity contribution in [1.29, 1.82) is 0 Å². The molecule has 0 rings (SSSR count). The Balaban J connectivity index is 3.57. The summed E-state index contributed by atoms with van der Waals surface area (Å²) in [6.07, 6.45) is 81.7. The monoisotopic (exact) mass is 904 g/mol. The van der Waals surface area contributed by atoms with Crippen LogP contribution in [0.3, 0.4) is 0 Å². The second-order valence-electron chi connectivity index (χ2n) is 19.0. The van der Waals surface area contributed by atoms with Crippen molar-refractivity contribution < 1.29 is 15.0 Å². The van der Waals surface area contributed by atoms with Gasteiger partial charge in [-0.25, -0.2) is 0 Å². The molecule has 0 aromatic rings. The van der Waals surface area contributed by atoms with Crippen LogP contribution in [0, 0.1) is 0 Å². The summed E-state index contributed by atoms with van der Waals surface area (Å²) in [7, 11) is 0. The summed E-state index contributed by atoms with van der Waals surface area (Å²) < 4.78 is 0. The summed E-state index contributed by atoms with van der Waals surface area (Å²) in [5.41, 5.74) is 0. The molecule has 0 bridgehead atoms. The first kappa shape index (κ1) is 62.6. The number of aliphatic hydroxyl groups excluding tert-OH is 2. The number of nitrogens with one attached hydrogen (secondary N) is 1. The smallest absolute Gasteiger partial charge is 0.220 e. The Morgan fingerprint density at radius 2 is 0.692 bits per heavy atom. The van der Waals surface area contributed by atoms with E-state index in [2.05, 4.69) is 92.1 Å². The quantitative estimate of drug-likeness (QED) is 0.0421. The topological polar surface area (TPSA) is 69.6 Å². The Kier molecular flexibility index (Phi) is 53.8. The van der Waals surface area contributed by atoms with Crippen LogP contribution in [0.15, 0.2) is 85.1 Å². The molecule has 2 atom stereocenters. The summed E-state index contributed by atoms with van der Waals surface area (Å²) in [5.74, 6) is -0.0793. The van der Waals surface area contributed by atoms with E-state index < -0.39 is 12.1 Å². The van der Waals surface area contributed by atoms with E-state index in [1.165, 1.54) is 193 Å². The first-order valence-electron chi connectivity index (χ1n) is 28.3. The van der Waals surface area contributed by atoms with Crippen LogP contribution in [0.4, 0.5) is 0 Å². The van der Waals surface area contributed by atoms with Crippen LogP contribution in [0.1, 0.15) is 277 Å². The average molecular weight is 905 g/mol. The predicted octanol–water partition coefficient (Wildman–Crippen LogP) is 18.8. The minimum absolute atomic E-state index is 0.0793. The first-order chi connectivity index (χ1) is 32.2. The lowest BCUT2D eigenvalue weighted by atomic mass is 10.0. The van der Waals surface area contributed by atoms with Crippen LogP contribution in [0.25, 0.3) is 0 Å². The van der Waals surface area contributed by atoms with Crippen molar-refractivity contribution in [2.24, 2.45) is 0 Å². The minimum atomic E-state index is -0.875. The lowest BCUT2D eigenvalue weighted by Gasteiger charge is -2.19. The molecule has 0 aliphatic rings. The van der Waals surface area contributed by atoms with Crippen LogP contribution in [-0.2, 0) is 4.79 Å². The zero-order valence-corrected chi connectivity index (χ0v) is 43.2. The molecular formula is C61H109NO3. The first-order valence-corrected chi connectivity index (χ1v) is 28.3. The van der Waals surface area contributed by atoms with Crippen molar-refractivity contribution in [3.63, 3.8) is 0 Å². The van der Waals surface area contributed by atoms with E-state index in [1.54, 1.807) is 6.08 Å². The molecule has 0 fully saturated rings. The third-order valence-corrected chi connectivity index (χ3v) is 12.6. The molecule has 0 heterocycles. The number of aliphatic hydroxyl groups is 2. The lowest BCUT2D eigenvalue weighted by Crippen LogP contribution is -2.45. The molecule has 376 valence electrons. The molecule has 65 heavy (non-hydrogen) atoms. The van der Waals surface area contributed by atoms with Gasteiger partial charge >= 0.3 is 0 Å². The van der Waals surface area contributed by atoms with Gasteiger partial charge in [-0.2, -0.15) is 0 Å². The molecule has 0 aromatic carbocycles. The predicted molar refractivity (Wildman–Crippen MR) is 290 cm³/mol. The van der Waals surface area contributed by atoms with Crippen LogP contribution >= 0.6 is 0 Å². The van der Waals surface area contributed by atoms with Crippen molar-refractivity contribution in [3.05, 3.63) is 85.1 Å². The fraction of sp³-hybridized carbons (Fsp3) is 0.754. The van der Waals surface area contributed by atoms with Gasteiger partial charge in [0.2, 0.25) is 5.91 Å². The molecule has 3 N–H and O–H groups in total. The van der Waals surface area contributed by atoms with Crippen molar-refractivity contribution in [3.8, 4) is 0 Å². The molecule has 0 spiro atoms. The van der Waals surface area contributed by atoms with E-state index in [0.29, 0.717) is 6.42 Å². The number of carbonyl (C=O) groups is 1. The minimum Gasteiger partial charge on any atom is -0.394 e. The Bertz CT molecular complexity index is 1160. The molecule has 0 aliphatic carbocycles. The van der Waals surface area contributed by atoms with Crippen LogP contribution in [0.2, 0.25) is 0 Å². The van der Waals surface area contributed by atoms with Gasteiger partial charge in [0, 0.05) is 6.42 Å². The summed E-state index contributed by atoms with van der Waals surface area (Å²) >= 11 is 0. The van der Waals surface area contributed by atoms with E-state index in [0.717, 1.165) is 64.2 Å². The molecule has 0 aliphatic heterocycles. The standard InChI is InChI=1S/C61H109NO3/c1-3-5-7-9-11-13-15-17-19-21-23-25-27-29-31-33-35-37-39-41-43-45-47-49-51-53-55-57-61(65)62-59(58-63)60(64)56-54-52-50-48-46-44-42-40-38-36-34-32-30-28-26-24-22-20-18-16-14-12-10-8-6-4-2/h5,7,11,13,17,19,23,25,38,40,46,48,54,56,59-60,63-64H,3-4,6,8-10,12,14-16,18,20-22,24,26-37,39,41-45,47,49-53,55,57-58H2,1-2H3,(H,62,65)/b7-5-,13-11-,19-17-,25-23-,40-38+,48-46+,56-54+. The molecule has 0 radical (unpaired) electrons. The summed E-state index contributed by atoms with van der Waals surface area (Å²) in [6.45, 7) is 4.20. The Hall–Kier alpha value is -2.43. The highest BCUT2D eigenvalue weighted by Crippen LogP contribution is 2.16. The number of carbonyl (C=O) groups excluding carboxylic acids is 1. The Labute approximate surface area is 405 Å². The van der Waals surface area contributed by atoms with Gasteiger partial charge in [0.05, 0.1) is 18.8 Å². The molecule has 0 aromatic heterocycles. The third kappa shape index (κ3) is 52.4. The number of unbranched alkanes of at least 4 members (excludes halogenated alkanes) is 32. The molecule has 0 saturated heterocycles. The Morgan fingerprint density at radius 1 is 0.385 bits per heavy atom. The highest BCUT2D eigenvalue weighted by atomic mass is 16.3. The van der Waals surface area contributed by atoms with E-state index in [9.17, 15) is 15.0 Å². The van der Waals surface area contributed by atoms with E-state index in [4.69, 9.17) is 0 Å². The number of allylic oxidation sites excluding steroid dienone is 13. The Morgan fingerprint density at radius 3 is 1.08 bits per heavy atom. The second-order valence-corrected chi connectivity index (χ2v) is 19.0. The van der Waals surface area contributed by atoms with E-state index in [-0.39, 0.29) is 12.5 Å². The normalized spacial score (nSPS) is 13.5. The van der Waals surface area contributed by atoms with Gasteiger partial charge in [0.15, 0.2) is 0 Å². The van der Waals surface area contributed by atoms with Gasteiger partial charge in [-0.15, -0.1) is 0 Å². The van der Waals surface area contributed by atoms with Gasteiger partial charge in [0.1, 0.15) is 0 Å². The van der Waals surface area contributed by atoms with Crippen molar-refractivity contribution >= 4 is 5.91 Å². The van der Waals surface area contributed by atoms with Gasteiger partial charge in [-0.05, 0) is 83.5 Å². The number of amides is 1. The molecule has 4 heteroatoms. The molecular weight excluding hydrogens is 795 g/mol. The highest BCUT2D eigenvalue weighted by molar-refractivity contribution is 5.76. The van der Waals surface area contributed by atoms with Gasteiger partial charge in [0.25, 0.3) is 0 Å². The average Bonchev–Trinajstić information content (AvgIpc) is 3.31. The summed E-state index contributed by atoms with van der Waals surface area (Å²) in [5, 5.41) is 23.2. The summed E-state index contributed by atoms with van der Waals surface area (Å²) in [4.78, 5) is 12.5. The number of hydrogen-bond acceptors (Lipinski definition) is 3. The van der Waals surface area contributed by atoms with Crippen LogP contribution in [-0.4, -0.2) is 34.9 Å². The maximum atomic E-state index is 12.5. The van der Waals surface area contributed by atoms with Crippen LogP contribution in [0.5, 0.6) is 0 Å². The second kappa shape index (κ2) is 55.9. The third-order valence-electron chi connectivity index (χ3n) is 12.6. The van der Waals surface area contributed by atoms with Crippen LogP contribution < -0.4 is 5.32 Å². The number of hydrogen-bond donors (Lipinski definition) is 3. The summed E-state index contributed by atoms with van der Waals surface area (Å²) in [6, 6.07) is -0.651. The largest absolute Gasteiger partial charge is 0.394 e. The zero-order valence-electron chi connectivity index (χ0n) is 43.2. The van der Waals surface area contributed by atoms with Crippen molar-refractivity contribution in [2.75, 3.05) is 6.61 Å². The van der Waals surface area contributed by atoms with E-state index in [1.807, 2.05) is 6.08 Å². The molecule has 2 unspecified atom stereocenters. The lowest BCUT2D eigenvalue weighted by molar-refractivity contribution is -0.123. The maximum Gasteiger partial charge on any atom is 0.220 e. The molecule has 1 amide bonds. The fourth-order valence-corrected chi connectivity index (χ4v) is 8.32. The maximum absolute atomic E-state index is 12.5. The van der Waals surface area contributed by atoms with Crippen molar-refractivity contribution in [2.45, 2.75) is 289 Å². The zero-order chi connectivity index (χ0) is 47.0. The fourth-order valence-electron chi connectivity index (χ4n) is 8.32. The van der Waals surface area contributed by atoms with Gasteiger partial charge in [-0.1, -0.05) is 272 Å². The van der Waals surface area contributed by atoms with Gasteiger partial charge in [-0.3, -0.25) is 4.79 Å². The molecule has 0 saturated carbocycles. The highest BCUT2D eigenvalue weighted by Gasteiger charge is 2.18. The van der Waals surface area contributed by atoms with Crippen molar-refractivity contribution in [1.82, 2.24) is 5.32 Å². The number of rotatable bonds is 51. The molecule has 4 nitrogen and oxygen atoms in total.